The van der Waals surface area contributed by atoms with E-state index in [0.717, 1.165) is 30.3 Å². The van der Waals surface area contributed by atoms with Crippen molar-refractivity contribution in [3.8, 4) is 17.2 Å². The lowest BCUT2D eigenvalue weighted by molar-refractivity contribution is -0.159. The average molecular weight is 496 g/mol. The number of methoxy groups -OCH3 is 1. The van der Waals surface area contributed by atoms with Crippen molar-refractivity contribution in [1.82, 2.24) is 0 Å². The van der Waals surface area contributed by atoms with Crippen molar-refractivity contribution in [2.24, 2.45) is 0 Å². The number of unbranched alkanes of at least 4 members (excludes halogenated alkanes) is 1. The van der Waals surface area contributed by atoms with Crippen LogP contribution >= 0.6 is 0 Å². The number of esters is 1. The molecular weight excluding hydrogens is 469 g/mol. The third-order valence-electron chi connectivity index (χ3n) is 4.68. The highest BCUT2D eigenvalue weighted by atomic mass is 19.4. The lowest BCUT2D eigenvalue weighted by Gasteiger charge is -2.24. The van der Waals surface area contributed by atoms with Crippen molar-refractivity contribution < 1.29 is 46.8 Å². The van der Waals surface area contributed by atoms with Crippen molar-refractivity contribution in [3.05, 3.63) is 59.7 Å². The van der Waals surface area contributed by atoms with Gasteiger partial charge in [-0.05, 0) is 74.7 Å². The summed E-state index contributed by atoms with van der Waals surface area (Å²) in [6.45, 7) is 3.37. The van der Waals surface area contributed by atoms with Crippen LogP contribution in [0.1, 0.15) is 37.8 Å². The van der Waals surface area contributed by atoms with Crippen LogP contribution in [0, 0.1) is 0 Å². The molecule has 1 N–H and O–H groups in total. The van der Waals surface area contributed by atoms with Gasteiger partial charge in [0.1, 0.15) is 5.75 Å². The summed E-state index contributed by atoms with van der Waals surface area (Å²) in [5, 5.41) is 8.71. The SMILES string of the molecule is COc1cc(/C=C/C(=O)O)ccc1OCCCCOC(=O)C(C)(C)Oc1ccc(C(F)(F)F)cc1. The third-order valence-corrected chi connectivity index (χ3v) is 4.68. The van der Waals surface area contributed by atoms with E-state index in [1.807, 2.05) is 0 Å². The van der Waals surface area contributed by atoms with E-state index in [4.69, 9.17) is 24.1 Å². The molecule has 2 aromatic carbocycles. The largest absolute Gasteiger partial charge is 0.493 e. The first kappa shape index (κ1) is 27.6. The molecule has 35 heavy (non-hydrogen) atoms. The molecular formula is C25H27F3O7. The number of benzene rings is 2. The first-order valence-corrected chi connectivity index (χ1v) is 10.7. The lowest BCUT2D eigenvalue weighted by atomic mass is 10.1. The standard InChI is InChI=1S/C25H27F3O7/c1-24(2,35-19-10-8-18(9-11-19)25(26,27)28)23(31)34-15-5-4-14-33-20-12-6-17(7-13-22(29)30)16-21(20)32-3/h6-13,16H,4-5,14-15H2,1-3H3,(H,29,30)/b13-7+. The van der Waals surface area contributed by atoms with Gasteiger partial charge in [-0.3, -0.25) is 0 Å². The molecule has 7 nitrogen and oxygen atoms in total. The lowest BCUT2D eigenvalue weighted by Crippen LogP contribution is -2.39. The van der Waals surface area contributed by atoms with Crippen LogP contribution in [0.2, 0.25) is 0 Å². The number of carbonyl (C=O) groups excluding carboxylic acids is 1. The highest BCUT2D eigenvalue weighted by Crippen LogP contribution is 2.31. The van der Waals surface area contributed by atoms with Crippen molar-refractivity contribution in [2.45, 2.75) is 38.5 Å². The predicted molar refractivity (Wildman–Crippen MR) is 122 cm³/mol. The van der Waals surface area contributed by atoms with Crippen LogP contribution in [-0.4, -0.2) is 43.0 Å². The summed E-state index contributed by atoms with van der Waals surface area (Å²) in [5.74, 6) is -0.648. The van der Waals surface area contributed by atoms with Crippen LogP contribution < -0.4 is 14.2 Å². The molecule has 0 saturated heterocycles. The Labute approximate surface area is 201 Å². The molecule has 0 aliphatic rings. The minimum atomic E-state index is -4.45. The van der Waals surface area contributed by atoms with E-state index in [2.05, 4.69) is 0 Å². The van der Waals surface area contributed by atoms with Gasteiger partial charge in [0.25, 0.3) is 0 Å². The van der Waals surface area contributed by atoms with Gasteiger partial charge < -0.3 is 24.1 Å². The zero-order valence-electron chi connectivity index (χ0n) is 19.6. The minimum Gasteiger partial charge on any atom is -0.493 e. The maximum Gasteiger partial charge on any atom is 0.416 e. The number of alkyl halides is 3. The second-order valence-corrected chi connectivity index (χ2v) is 7.91. The number of carbonyl (C=O) groups is 2. The predicted octanol–water partition coefficient (Wildman–Crippen LogP) is 5.37. The summed E-state index contributed by atoms with van der Waals surface area (Å²) in [7, 11) is 1.47. The summed E-state index contributed by atoms with van der Waals surface area (Å²) < 4.78 is 59.7. The molecule has 2 aromatic rings. The smallest absolute Gasteiger partial charge is 0.416 e. The van der Waals surface area contributed by atoms with E-state index in [-0.39, 0.29) is 12.4 Å². The molecule has 0 saturated carbocycles. The van der Waals surface area contributed by atoms with Crippen LogP contribution in [0.3, 0.4) is 0 Å². The molecule has 2 rings (SSSR count). The van der Waals surface area contributed by atoms with E-state index in [0.29, 0.717) is 36.5 Å². The summed E-state index contributed by atoms with van der Waals surface area (Å²) in [5.41, 5.74) is -1.55. The number of carboxylic acids is 1. The molecule has 0 aliphatic heterocycles. The Morgan fingerprint density at radius 1 is 0.971 bits per heavy atom. The highest BCUT2D eigenvalue weighted by Gasteiger charge is 2.33. The molecule has 0 bridgehead atoms. The molecule has 0 radical (unpaired) electrons. The molecule has 0 unspecified atom stereocenters. The van der Waals surface area contributed by atoms with Crippen molar-refractivity contribution >= 4 is 18.0 Å². The number of rotatable bonds is 12. The van der Waals surface area contributed by atoms with Crippen molar-refractivity contribution in [2.75, 3.05) is 20.3 Å². The molecule has 0 atom stereocenters. The summed E-state index contributed by atoms with van der Waals surface area (Å²) >= 11 is 0. The Morgan fingerprint density at radius 2 is 1.63 bits per heavy atom. The molecule has 0 heterocycles. The van der Waals surface area contributed by atoms with Gasteiger partial charge in [0, 0.05) is 6.08 Å². The van der Waals surface area contributed by atoms with Gasteiger partial charge in [-0.15, -0.1) is 0 Å². The van der Waals surface area contributed by atoms with E-state index < -0.39 is 29.3 Å². The average Bonchev–Trinajstić information content (AvgIpc) is 2.79. The van der Waals surface area contributed by atoms with Crippen LogP contribution in [0.25, 0.3) is 6.08 Å². The first-order chi connectivity index (χ1) is 16.4. The maximum atomic E-state index is 12.7. The number of hydrogen-bond donors (Lipinski definition) is 1. The first-order valence-electron chi connectivity index (χ1n) is 10.7. The van der Waals surface area contributed by atoms with Gasteiger partial charge in [-0.1, -0.05) is 6.07 Å². The monoisotopic (exact) mass is 496 g/mol. The zero-order valence-corrected chi connectivity index (χ0v) is 19.6. The maximum absolute atomic E-state index is 12.7. The molecule has 190 valence electrons. The summed E-state index contributed by atoms with van der Waals surface area (Å²) in [6.07, 6.45) is -0.927. The number of halogens is 3. The van der Waals surface area contributed by atoms with Gasteiger partial charge in [0.15, 0.2) is 17.1 Å². The summed E-state index contributed by atoms with van der Waals surface area (Å²) in [6, 6.07) is 9.07. The molecule has 0 spiro atoms. The fourth-order valence-corrected chi connectivity index (χ4v) is 2.85. The zero-order chi connectivity index (χ0) is 26.1. The number of ether oxygens (including phenoxy) is 4. The fourth-order valence-electron chi connectivity index (χ4n) is 2.85. The van der Waals surface area contributed by atoms with E-state index in [9.17, 15) is 22.8 Å². The molecule has 0 aliphatic carbocycles. The van der Waals surface area contributed by atoms with Crippen LogP contribution in [0.15, 0.2) is 48.5 Å². The van der Waals surface area contributed by atoms with Gasteiger partial charge in [0.2, 0.25) is 0 Å². The number of hydrogen-bond acceptors (Lipinski definition) is 6. The second-order valence-electron chi connectivity index (χ2n) is 7.91. The third kappa shape index (κ3) is 8.88. The van der Waals surface area contributed by atoms with E-state index >= 15 is 0 Å². The quantitative estimate of drug-likeness (QED) is 0.240. The summed E-state index contributed by atoms with van der Waals surface area (Å²) in [4.78, 5) is 23.0. The Morgan fingerprint density at radius 3 is 2.23 bits per heavy atom. The second kappa shape index (κ2) is 12.1. The molecule has 0 amide bonds. The highest BCUT2D eigenvalue weighted by molar-refractivity contribution is 5.85. The van der Waals surface area contributed by atoms with E-state index in [1.54, 1.807) is 18.2 Å². The Balaban J connectivity index is 1.76. The van der Waals surface area contributed by atoms with Crippen molar-refractivity contribution in [1.29, 1.82) is 0 Å². The molecule has 10 heteroatoms. The Bertz CT molecular complexity index is 1030. The van der Waals surface area contributed by atoms with E-state index in [1.165, 1.54) is 27.0 Å². The molecule has 0 aromatic heterocycles. The topological polar surface area (TPSA) is 91.3 Å². The number of carboxylic acid groups (broad SMARTS) is 1. The van der Waals surface area contributed by atoms with Gasteiger partial charge >= 0.3 is 18.1 Å². The Hall–Kier alpha value is -3.69. The number of aliphatic carboxylic acids is 1. The Kier molecular flexibility index (Phi) is 9.56. The van der Waals surface area contributed by atoms with Gasteiger partial charge in [-0.25, -0.2) is 9.59 Å². The molecule has 0 fully saturated rings. The van der Waals surface area contributed by atoms with Crippen LogP contribution in [-0.2, 0) is 20.5 Å². The normalized spacial score (nSPS) is 11.8. The minimum absolute atomic E-state index is 0.109. The van der Waals surface area contributed by atoms with Gasteiger partial charge in [0.05, 0.1) is 25.9 Å². The van der Waals surface area contributed by atoms with Crippen molar-refractivity contribution in [3.63, 3.8) is 0 Å². The van der Waals surface area contributed by atoms with Gasteiger partial charge in [-0.2, -0.15) is 13.2 Å². The fraction of sp³-hybridized carbons (Fsp3) is 0.360. The van der Waals surface area contributed by atoms with Crippen LogP contribution in [0.4, 0.5) is 13.2 Å². The van der Waals surface area contributed by atoms with Crippen LogP contribution in [0.5, 0.6) is 17.2 Å².